The Hall–Kier alpha value is -3.63. The lowest BCUT2D eigenvalue weighted by molar-refractivity contribution is -0.138. The van der Waals surface area contributed by atoms with Gasteiger partial charge in [-0.05, 0) is 49.4 Å². The van der Waals surface area contributed by atoms with Gasteiger partial charge in [-0.2, -0.15) is 13.2 Å². The van der Waals surface area contributed by atoms with E-state index >= 15 is 0 Å². The van der Waals surface area contributed by atoms with Gasteiger partial charge in [-0.3, -0.25) is 4.79 Å². The highest BCUT2D eigenvalue weighted by Crippen LogP contribution is 2.31. The van der Waals surface area contributed by atoms with Crippen LogP contribution in [0.4, 0.5) is 23.5 Å². The minimum atomic E-state index is -4.53. The summed E-state index contributed by atoms with van der Waals surface area (Å²) in [5.74, 6) is -0.428. The van der Waals surface area contributed by atoms with Gasteiger partial charge in [0.15, 0.2) is 5.82 Å². The molecule has 3 aromatic rings. The van der Waals surface area contributed by atoms with E-state index in [0.717, 1.165) is 12.8 Å². The lowest BCUT2D eigenvalue weighted by Crippen LogP contribution is -2.51. The highest BCUT2D eigenvalue weighted by atomic mass is 19.4. The smallest absolute Gasteiger partial charge is 0.352 e. The molecule has 3 heterocycles. The number of benzene rings is 1. The summed E-state index contributed by atoms with van der Waals surface area (Å²) in [7, 11) is 0. The average molecular weight is 488 g/mol. The van der Waals surface area contributed by atoms with E-state index in [2.05, 4.69) is 25.3 Å². The number of rotatable bonds is 5. The van der Waals surface area contributed by atoms with Crippen molar-refractivity contribution in [3.63, 3.8) is 0 Å². The zero-order chi connectivity index (χ0) is 25.2. The average Bonchev–Trinajstić information content (AvgIpc) is 2.84. The molecule has 0 bridgehead atoms. The predicted octanol–water partition coefficient (Wildman–Crippen LogP) is 4.75. The fourth-order valence-electron chi connectivity index (χ4n) is 4.30. The van der Waals surface area contributed by atoms with Crippen LogP contribution in [0.5, 0.6) is 0 Å². The van der Waals surface area contributed by atoms with Gasteiger partial charge in [0.25, 0.3) is 5.91 Å². The molecule has 1 aliphatic rings. The molecule has 1 unspecified atom stereocenters. The molecule has 2 atom stereocenters. The van der Waals surface area contributed by atoms with Crippen molar-refractivity contribution in [3.8, 4) is 11.4 Å². The first-order valence-corrected chi connectivity index (χ1v) is 11.2. The summed E-state index contributed by atoms with van der Waals surface area (Å²) >= 11 is 0. The van der Waals surface area contributed by atoms with Crippen molar-refractivity contribution in [1.82, 2.24) is 24.8 Å². The Morgan fingerprint density at radius 3 is 2.49 bits per heavy atom. The number of nitrogens with one attached hydrogen (secondary N) is 1. The molecule has 1 amide bonds. The second-order valence-electron chi connectivity index (χ2n) is 8.53. The van der Waals surface area contributed by atoms with E-state index in [1.54, 1.807) is 30.3 Å². The first-order chi connectivity index (χ1) is 16.7. The van der Waals surface area contributed by atoms with Crippen molar-refractivity contribution in [2.24, 2.45) is 5.92 Å². The summed E-state index contributed by atoms with van der Waals surface area (Å²) in [6.07, 6.45) is 1.63. The van der Waals surface area contributed by atoms with E-state index in [-0.39, 0.29) is 41.5 Å². The molecule has 0 spiro atoms. The lowest BCUT2D eigenvalue weighted by Gasteiger charge is -2.40. The highest BCUT2D eigenvalue weighted by molar-refractivity contribution is 6.01. The van der Waals surface area contributed by atoms with Crippen molar-refractivity contribution >= 4 is 11.9 Å². The van der Waals surface area contributed by atoms with Gasteiger partial charge in [0, 0.05) is 43.4 Å². The minimum absolute atomic E-state index is 0.0310. The summed E-state index contributed by atoms with van der Waals surface area (Å²) in [5.41, 5.74) is -0.106. The fourth-order valence-corrected chi connectivity index (χ4v) is 4.30. The zero-order valence-corrected chi connectivity index (χ0v) is 19.2. The summed E-state index contributed by atoms with van der Waals surface area (Å²) < 4.78 is 52.9. The molecule has 1 aliphatic heterocycles. The van der Waals surface area contributed by atoms with Crippen molar-refractivity contribution < 1.29 is 22.4 Å². The normalized spacial score (nSPS) is 18.4. The Labute approximate surface area is 199 Å². The fraction of sp³-hybridized carbons (Fsp3) is 0.375. The van der Waals surface area contributed by atoms with Crippen LogP contribution in [0.15, 0.2) is 43.0 Å². The number of nitrogens with zero attached hydrogens (tertiary/aromatic N) is 5. The number of piperidine rings is 1. The van der Waals surface area contributed by atoms with Gasteiger partial charge in [-0.1, -0.05) is 6.92 Å². The van der Waals surface area contributed by atoms with E-state index in [9.17, 15) is 22.4 Å². The predicted molar refractivity (Wildman–Crippen MR) is 121 cm³/mol. The third kappa shape index (κ3) is 5.23. The number of aromatic nitrogens is 4. The number of likely N-dealkylation sites (tertiary alicyclic amines) is 1. The van der Waals surface area contributed by atoms with Crippen LogP contribution in [0, 0.1) is 18.7 Å². The second-order valence-corrected chi connectivity index (χ2v) is 8.53. The van der Waals surface area contributed by atoms with Crippen LogP contribution in [0.25, 0.3) is 11.4 Å². The molecule has 0 saturated carbocycles. The largest absolute Gasteiger partial charge is 0.419 e. The van der Waals surface area contributed by atoms with Gasteiger partial charge >= 0.3 is 6.18 Å². The maximum atomic E-state index is 14.5. The molecule has 4 rings (SSSR count). The van der Waals surface area contributed by atoms with Crippen LogP contribution in [-0.2, 0) is 6.18 Å². The molecule has 1 aromatic carbocycles. The third-order valence-corrected chi connectivity index (χ3v) is 6.24. The molecular weight excluding hydrogens is 464 g/mol. The van der Waals surface area contributed by atoms with Gasteiger partial charge in [-0.15, -0.1) is 0 Å². The first-order valence-electron chi connectivity index (χ1n) is 11.2. The molecule has 1 saturated heterocycles. The number of anilines is 1. The van der Waals surface area contributed by atoms with E-state index in [1.165, 1.54) is 12.1 Å². The number of carbonyl (C=O) groups excluding carboxylic acids is 1. The minimum Gasteiger partial charge on any atom is -0.352 e. The van der Waals surface area contributed by atoms with E-state index in [1.807, 2.05) is 6.92 Å². The number of alkyl halides is 3. The SMILES string of the molecule is Cc1c(F)ccc(-c2ncccn2)c1C(=O)N1CCCC(C)[C@H]1CNc1ncc(C(F)(F)F)cn1. The Morgan fingerprint density at radius 2 is 1.83 bits per heavy atom. The highest BCUT2D eigenvalue weighted by Gasteiger charge is 2.35. The second kappa shape index (κ2) is 9.93. The zero-order valence-electron chi connectivity index (χ0n) is 19.2. The Balaban J connectivity index is 1.61. The molecule has 1 fully saturated rings. The first kappa shape index (κ1) is 24.5. The summed E-state index contributed by atoms with van der Waals surface area (Å²) in [5, 5.41) is 2.95. The van der Waals surface area contributed by atoms with Gasteiger partial charge in [0.05, 0.1) is 17.2 Å². The van der Waals surface area contributed by atoms with E-state index in [0.29, 0.717) is 30.3 Å². The monoisotopic (exact) mass is 488 g/mol. The van der Waals surface area contributed by atoms with Crippen LogP contribution in [0.1, 0.15) is 41.3 Å². The van der Waals surface area contributed by atoms with Gasteiger partial charge < -0.3 is 10.2 Å². The maximum Gasteiger partial charge on any atom is 0.419 e. The van der Waals surface area contributed by atoms with Crippen LogP contribution >= 0.6 is 0 Å². The van der Waals surface area contributed by atoms with Gasteiger partial charge in [0.2, 0.25) is 5.95 Å². The Kier molecular flexibility index (Phi) is 6.95. The molecule has 1 N–H and O–H groups in total. The van der Waals surface area contributed by atoms with Crippen LogP contribution in [-0.4, -0.2) is 49.9 Å². The van der Waals surface area contributed by atoms with Crippen LogP contribution < -0.4 is 5.32 Å². The van der Waals surface area contributed by atoms with Crippen LogP contribution in [0.2, 0.25) is 0 Å². The number of carbonyl (C=O) groups is 1. The molecule has 0 radical (unpaired) electrons. The molecule has 35 heavy (non-hydrogen) atoms. The number of hydrogen-bond acceptors (Lipinski definition) is 6. The number of hydrogen-bond donors (Lipinski definition) is 1. The van der Waals surface area contributed by atoms with E-state index < -0.39 is 17.6 Å². The van der Waals surface area contributed by atoms with E-state index in [4.69, 9.17) is 0 Å². The number of halogens is 4. The Morgan fingerprint density at radius 1 is 1.14 bits per heavy atom. The summed E-state index contributed by atoms with van der Waals surface area (Å²) in [6.45, 7) is 4.23. The van der Waals surface area contributed by atoms with Gasteiger partial charge in [0.1, 0.15) is 5.82 Å². The molecule has 7 nitrogen and oxygen atoms in total. The third-order valence-electron chi connectivity index (χ3n) is 6.24. The molecule has 11 heteroatoms. The maximum absolute atomic E-state index is 14.5. The topological polar surface area (TPSA) is 83.9 Å². The molecule has 2 aromatic heterocycles. The van der Waals surface area contributed by atoms with Crippen molar-refractivity contribution in [2.45, 2.75) is 38.9 Å². The van der Waals surface area contributed by atoms with Crippen molar-refractivity contribution in [1.29, 1.82) is 0 Å². The molecule has 0 aliphatic carbocycles. The lowest BCUT2D eigenvalue weighted by atomic mass is 9.89. The molecule has 184 valence electrons. The van der Waals surface area contributed by atoms with Crippen LogP contribution in [0.3, 0.4) is 0 Å². The number of amides is 1. The van der Waals surface area contributed by atoms with Crippen molar-refractivity contribution in [2.75, 3.05) is 18.4 Å². The summed E-state index contributed by atoms with van der Waals surface area (Å²) in [6, 6.07) is 4.13. The Bertz CT molecular complexity index is 1190. The summed E-state index contributed by atoms with van der Waals surface area (Å²) in [4.78, 5) is 31.4. The van der Waals surface area contributed by atoms with Gasteiger partial charge in [-0.25, -0.2) is 24.3 Å². The standard InChI is InChI=1S/C24H24F4N6O/c1-14-5-3-10-34(19(14)13-33-23-31-11-16(12-32-23)24(26,27)28)22(35)20-15(2)18(25)7-6-17(20)21-29-8-4-9-30-21/h4,6-9,11-12,14,19H,3,5,10,13H2,1-2H3,(H,31,32,33)/t14?,19-/m1/s1. The van der Waals surface area contributed by atoms with Crippen molar-refractivity contribution in [3.05, 3.63) is 65.5 Å². The quantitative estimate of drug-likeness (QED) is 0.522. The molecular formula is C24H24F4N6O.